The van der Waals surface area contributed by atoms with Crippen LogP contribution in [0.15, 0.2) is 12.1 Å². The van der Waals surface area contributed by atoms with Crippen molar-refractivity contribution in [2.75, 3.05) is 20.2 Å². The lowest BCUT2D eigenvalue weighted by Crippen LogP contribution is -2.66. The van der Waals surface area contributed by atoms with Gasteiger partial charge < -0.3 is 14.4 Å². The van der Waals surface area contributed by atoms with Gasteiger partial charge in [0.1, 0.15) is 11.9 Å². The molecule has 0 amide bonds. The molecule has 4 heteroatoms. The second-order valence-electron chi connectivity index (χ2n) is 7.89. The number of aldehydes is 1. The van der Waals surface area contributed by atoms with Crippen LogP contribution in [0, 0.1) is 5.92 Å². The van der Waals surface area contributed by atoms with Crippen LogP contribution in [0.5, 0.6) is 5.75 Å². The lowest BCUT2D eigenvalue weighted by molar-refractivity contribution is -0.120. The Morgan fingerprint density at radius 3 is 3.08 bits per heavy atom. The third-order valence-corrected chi connectivity index (χ3v) is 7.10. The molecule has 1 saturated carbocycles. The van der Waals surface area contributed by atoms with Crippen molar-refractivity contribution in [3.63, 3.8) is 0 Å². The molecule has 2 aliphatic heterocycles. The highest BCUT2D eigenvalue weighted by molar-refractivity contribution is 5.82. The molecular formula is C20H25NO3. The number of piperidine rings is 1. The zero-order chi connectivity index (χ0) is 16.5. The summed E-state index contributed by atoms with van der Waals surface area (Å²) < 4.78 is 12.6. The predicted molar refractivity (Wildman–Crippen MR) is 90.8 cm³/mol. The van der Waals surface area contributed by atoms with Gasteiger partial charge in [-0.05, 0) is 63.7 Å². The van der Waals surface area contributed by atoms with E-state index >= 15 is 0 Å². The molecule has 1 spiro atoms. The molecule has 4 nitrogen and oxygen atoms in total. The zero-order valence-electron chi connectivity index (χ0n) is 14.5. The standard InChI is InChI=1S/C20H25NO3/c1-3-23-16-7-6-14-15-10-12-4-5-13(11-22)18-17(12)20(14,19(16)24-18)8-9-21(15)2/h4-5,11,14-16,19H,3,6-10H2,1-2H3/t14?,15?,16-,19?,20-/m0/s1. The molecule has 1 aromatic rings. The Morgan fingerprint density at radius 2 is 2.29 bits per heavy atom. The van der Waals surface area contributed by atoms with Crippen molar-refractivity contribution in [3.8, 4) is 5.75 Å². The molecule has 0 aromatic heterocycles. The van der Waals surface area contributed by atoms with E-state index in [1.807, 2.05) is 6.07 Å². The van der Waals surface area contributed by atoms with Crippen LogP contribution in [0.2, 0.25) is 0 Å². The van der Waals surface area contributed by atoms with Crippen molar-refractivity contribution >= 4 is 6.29 Å². The van der Waals surface area contributed by atoms with Crippen molar-refractivity contribution in [1.29, 1.82) is 0 Å². The van der Waals surface area contributed by atoms with Gasteiger partial charge in [-0.25, -0.2) is 0 Å². The fourth-order valence-corrected chi connectivity index (χ4v) is 6.20. The van der Waals surface area contributed by atoms with Crippen LogP contribution in [0.25, 0.3) is 0 Å². The fourth-order valence-electron chi connectivity index (χ4n) is 6.20. The fraction of sp³-hybridized carbons (Fsp3) is 0.650. The molecule has 2 bridgehead atoms. The number of ether oxygens (including phenoxy) is 2. The highest BCUT2D eigenvalue weighted by Crippen LogP contribution is 2.62. The van der Waals surface area contributed by atoms with Gasteiger partial charge >= 0.3 is 0 Å². The van der Waals surface area contributed by atoms with Crippen molar-refractivity contribution in [2.24, 2.45) is 5.92 Å². The van der Waals surface area contributed by atoms with E-state index in [9.17, 15) is 4.79 Å². The quantitative estimate of drug-likeness (QED) is 0.800. The second-order valence-corrected chi connectivity index (χ2v) is 7.89. The summed E-state index contributed by atoms with van der Waals surface area (Å²) in [4.78, 5) is 14.1. The number of carbonyl (C=O) groups is 1. The van der Waals surface area contributed by atoms with Gasteiger partial charge in [-0.2, -0.15) is 0 Å². The molecule has 2 fully saturated rings. The number of hydrogen-bond acceptors (Lipinski definition) is 4. The van der Waals surface area contributed by atoms with E-state index in [2.05, 4.69) is 24.9 Å². The average molecular weight is 327 g/mol. The maximum absolute atomic E-state index is 11.6. The minimum Gasteiger partial charge on any atom is -0.486 e. The summed E-state index contributed by atoms with van der Waals surface area (Å²) in [6.45, 7) is 3.88. The van der Waals surface area contributed by atoms with E-state index in [1.165, 1.54) is 17.5 Å². The van der Waals surface area contributed by atoms with Gasteiger partial charge in [-0.15, -0.1) is 0 Å². The smallest absolute Gasteiger partial charge is 0.153 e. The van der Waals surface area contributed by atoms with E-state index in [1.54, 1.807) is 0 Å². The molecule has 24 heavy (non-hydrogen) atoms. The highest BCUT2D eigenvalue weighted by atomic mass is 16.5. The van der Waals surface area contributed by atoms with Crippen LogP contribution in [0.4, 0.5) is 0 Å². The molecule has 5 rings (SSSR count). The summed E-state index contributed by atoms with van der Waals surface area (Å²) in [5.41, 5.74) is 3.51. The number of carbonyl (C=O) groups excluding carboxylic acids is 1. The minimum atomic E-state index is 0.0528. The monoisotopic (exact) mass is 327 g/mol. The van der Waals surface area contributed by atoms with Crippen LogP contribution >= 0.6 is 0 Å². The largest absolute Gasteiger partial charge is 0.486 e. The van der Waals surface area contributed by atoms with Gasteiger partial charge in [0.15, 0.2) is 6.29 Å². The number of benzene rings is 1. The summed E-state index contributed by atoms with van der Waals surface area (Å²) in [5.74, 6) is 1.49. The van der Waals surface area contributed by atoms with Gasteiger partial charge in [0, 0.05) is 23.6 Å². The van der Waals surface area contributed by atoms with E-state index in [0.29, 0.717) is 17.5 Å². The molecule has 2 aliphatic carbocycles. The lowest BCUT2D eigenvalue weighted by Gasteiger charge is -2.58. The maximum atomic E-state index is 11.6. The van der Waals surface area contributed by atoms with Gasteiger partial charge in [-0.3, -0.25) is 4.79 Å². The maximum Gasteiger partial charge on any atom is 0.153 e. The molecule has 0 radical (unpaired) electrons. The van der Waals surface area contributed by atoms with Gasteiger partial charge in [0.05, 0.1) is 11.7 Å². The molecule has 5 atom stereocenters. The topological polar surface area (TPSA) is 38.8 Å². The first kappa shape index (κ1) is 14.9. The van der Waals surface area contributed by atoms with E-state index in [-0.39, 0.29) is 17.6 Å². The normalized spacial score (nSPS) is 39.2. The summed E-state index contributed by atoms with van der Waals surface area (Å²) >= 11 is 0. The molecule has 1 aromatic carbocycles. The summed E-state index contributed by atoms with van der Waals surface area (Å²) in [6.07, 6.45) is 5.63. The Labute approximate surface area is 143 Å². The first-order valence-electron chi connectivity index (χ1n) is 9.30. The lowest BCUT2D eigenvalue weighted by atomic mass is 9.51. The third kappa shape index (κ3) is 1.64. The van der Waals surface area contributed by atoms with Crippen molar-refractivity contribution in [1.82, 2.24) is 4.90 Å². The summed E-state index contributed by atoms with van der Waals surface area (Å²) in [7, 11) is 2.27. The SMILES string of the molecule is CCO[C@H]1CCC2C3Cc4ccc(C=O)c5c4[C@@]2(CCN3C)C1O5. The van der Waals surface area contributed by atoms with Crippen molar-refractivity contribution in [2.45, 2.75) is 56.3 Å². The van der Waals surface area contributed by atoms with Crippen LogP contribution in [-0.2, 0) is 16.6 Å². The Hall–Kier alpha value is -1.39. The van der Waals surface area contributed by atoms with Crippen LogP contribution < -0.4 is 4.74 Å². The van der Waals surface area contributed by atoms with Crippen molar-refractivity contribution in [3.05, 3.63) is 28.8 Å². The molecule has 4 aliphatic rings. The molecule has 0 N–H and O–H groups in total. The van der Waals surface area contributed by atoms with Crippen LogP contribution in [0.3, 0.4) is 0 Å². The Bertz CT molecular complexity index is 702. The number of likely N-dealkylation sites (N-methyl/N-ethyl adjacent to an activating group) is 1. The van der Waals surface area contributed by atoms with Crippen molar-refractivity contribution < 1.29 is 14.3 Å². The third-order valence-electron chi connectivity index (χ3n) is 7.10. The Morgan fingerprint density at radius 1 is 1.42 bits per heavy atom. The van der Waals surface area contributed by atoms with Gasteiger partial charge in [0.25, 0.3) is 0 Å². The van der Waals surface area contributed by atoms with E-state index in [0.717, 1.165) is 44.4 Å². The van der Waals surface area contributed by atoms with Gasteiger partial charge in [-0.1, -0.05) is 6.07 Å². The first-order chi connectivity index (χ1) is 11.7. The Balaban J connectivity index is 1.74. The zero-order valence-corrected chi connectivity index (χ0v) is 14.5. The van der Waals surface area contributed by atoms with Crippen LogP contribution in [-0.4, -0.2) is 49.6 Å². The number of rotatable bonds is 3. The van der Waals surface area contributed by atoms with E-state index in [4.69, 9.17) is 9.47 Å². The molecule has 1 saturated heterocycles. The molecular weight excluding hydrogens is 302 g/mol. The summed E-state index contributed by atoms with van der Waals surface area (Å²) in [6, 6.07) is 4.71. The number of likely N-dealkylation sites (tertiary alicyclic amines) is 1. The average Bonchev–Trinajstić information content (AvgIpc) is 2.94. The molecule has 128 valence electrons. The molecule has 3 unspecified atom stereocenters. The van der Waals surface area contributed by atoms with Gasteiger partial charge in [0.2, 0.25) is 0 Å². The molecule has 2 heterocycles. The van der Waals surface area contributed by atoms with E-state index < -0.39 is 0 Å². The highest BCUT2D eigenvalue weighted by Gasteiger charge is 2.65. The Kier molecular flexibility index (Phi) is 3.14. The van der Waals surface area contributed by atoms with Crippen LogP contribution in [0.1, 0.15) is 47.7 Å². The number of nitrogens with zero attached hydrogens (tertiary/aromatic N) is 1. The first-order valence-corrected chi connectivity index (χ1v) is 9.30. The number of hydrogen-bond donors (Lipinski definition) is 0. The second kappa shape index (κ2) is 5.06. The predicted octanol–water partition coefficient (Wildman–Crippen LogP) is 2.57. The summed E-state index contributed by atoms with van der Waals surface area (Å²) in [5, 5.41) is 0. The minimum absolute atomic E-state index is 0.0528.